The molecule has 0 bridgehead atoms. The summed E-state index contributed by atoms with van der Waals surface area (Å²) in [6.07, 6.45) is -4.66. The molecule has 0 spiro atoms. The highest BCUT2D eigenvalue weighted by atomic mass is 19.4. The molecule has 0 heterocycles. The molecule has 0 aliphatic heterocycles. The van der Waals surface area contributed by atoms with E-state index in [1.807, 2.05) is 20.8 Å². The van der Waals surface area contributed by atoms with Crippen molar-refractivity contribution in [1.29, 1.82) is 0 Å². The van der Waals surface area contributed by atoms with Crippen LogP contribution in [0.15, 0.2) is 0 Å². The molecule has 0 aromatic heterocycles. The standard InChI is InChI=1S/C12H23F3N2O/c1-11(2,3)7-9(8-16)10(18)17(4)6-5-12(13,14)15/h9H,5-8,16H2,1-4H3. The van der Waals surface area contributed by atoms with E-state index in [0.717, 1.165) is 4.90 Å². The van der Waals surface area contributed by atoms with E-state index in [1.165, 1.54) is 7.05 Å². The lowest BCUT2D eigenvalue weighted by molar-refractivity contribution is -0.146. The van der Waals surface area contributed by atoms with Crippen LogP contribution < -0.4 is 5.73 Å². The number of carbonyl (C=O) groups is 1. The first-order chi connectivity index (χ1) is 7.96. The number of hydrogen-bond donors (Lipinski definition) is 1. The number of rotatable bonds is 5. The third-order valence-electron chi connectivity index (χ3n) is 2.60. The van der Waals surface area contributed by atoms with Crippen molar-refractivity contribution in [1.82, 2.24) is 4.90 Å². The molecule has 108 valence electrons. The van der Waals surface area contributed by atoms with Crippen LogP contribution in [-0.4, -0.2) is 37.1 Å². The van der Waals surface area contributed by atoms with Gasteiger partial charge in [0.25, 0.3) is 0 Å². The molecule has 0 radical (unpaired) electrons. The fourth-order valence-electron chi connectivity index (χ4n) is 1.73. The van der Waals surface area contributed by atoms with Gasteiger partial charge < -0.3 is 10.6 Å². The van der Waals surface area contributed by atoms with Crippen molar-refractivity contribution in [3.05, 3.63) is 0 Å². The molecule has 1 amide bonds. The quantitative estimate of drug-likeness (QED) is 0.832. The van der Waals surface area contributed by atoms with Gasteiger partial charge in [-0.3, -0.25) is 4.79 Å². The molecule has 0 aromatic carbocycles. The lowest BCUT2D eigenvalue weighted by Crippen LogP contribution is -2.39. The molecule has 1 unspecified atom stereocenters. The Balaban J connectivity index is 4.41. The van der Waals surface area contributed by atoms with Crippen molar-refractivity contribution in [2.45, 2.75) is 39.8 Å². The Morgan fingerprint density at radius 1 is 1.28 bits per heavy atom. The maximum atomic E-state index is 12.1. The van der Waals surface area contributed by atoms with Crippen LogP contribution in [0.25, 0.3) is 0 Å². The molecule has 0 aromatic rings. The predicted octanol–water partition coefficient (Wildman–Crippen LogP) is 2.41. The van der Waals surface area contributed by atoms with Crippen LogP contribution in [0.3, 0.4) is 0 Å². The van der Waals surface area contributed by atoms with Crippen LogP contribution in [-0.2, 0) is 4.79 Å². The topological polar surface area (TPSA) is 46.3 Å². The summed E-state index contributed by atoms with van der Waals surface area (Å²) in [6, 6.07) is 0. The van der Waals surface area contributed by atoms with Gasteiger partial charge in [-0.2, -0.15) is 13.2 Å². The van der Waals surface area contributed by atoms with Gasteiger partial charge in [0.15, 0.2) is 0 Å². The first-order valence-electron chi connectivity index (χ1n) is 5.98. The molecule has 0 aliphatic carbocycles. The Hall–Kier alpha value is -0.780. The van der Waals surface area contributed by atoms with E-state index >= 15 is 0 Å². The second kappa shape index (κ2) is 6.41. The Morgan fingerprint density at radius 3 is 2.11 bits per heavy atom. The van der Waals surface area contributed by atoms with E-state index in [9.17, 15) is 18.0 Å². The highest BCUT2D eigenvalue weighted by molar-refractivity contribution is 5.78. The minimum absolute atomic E-state index is 0.0788. The zero-order valence-corrected chi connectivity index (χ0v) is 11.5. The number of alkyl halides is 3. The van der Waals surface area contributed by atoms with Crippen molar-refractivity contribution in [3.8, 4) is 0 Å². The summed E-state index contributed by atoms with van der Waals surface area (Å²) in [5, 5.41) is 0. The lowest BCUT2D eigenvalue weighted by atomic mass is 9.84. The monoisotopic (exact) mass is 268 g/mol. The molecule has 2 N–H and O–H groups in total. The second-order valence-electron chi connectivity index (χ2n) is 5.82. The first-order valence-corrected chi connectivity index (χ1v) is 5.98. The molecule has 0 fully saturated rings. The van der Waals surface area contributed by atoms with Crippen molar-refractivity contribution in [2.75, 3.05) is 20.1 Å². The number of hydrogen-bond acceptors (Lipinski definition) is 2. The molecule has 0 rings (SSSR count). The van der Waals surface area contributed by atoms with Crippen LogP contribution in [0, 0.1) is 11.3 Å². The van der Waals surface area contributed by atoms with Crippen LogP contribution in [0.1, 0.15) is 33.6 Å². The van der Waals surface area contributed by atoms with Crippen molar-refractivity contribution >= 4 is 5.91 Å². The fraction of sp³-hybridized carbons (Fsp3) is 0.917. The van der Waals surface area contributed by atoms with Crippen molar-refractivity contribution in [2.24, 2.45) is 17.1 Å². The zero-order chi connectivity index (χ0) is 14.6. The summed E-state index contributed by atoms with van der Waals surface area (Å²) in [6.45, 7) is 5.76. The number of nitrogens with zero attached hydrogens (tertiary/aromatic N) is 1. The van der Waals surface area contributed by atoms with E-state index < -0.39 is 18.5 Å². The van der Waals surface area contributed by atoms with Gasteiger partial charge in [0.05, 0.1) is 12.3 Å². The molecule has 1 atom stereocenters. The van der Waals surface area contributed by atoms with Crippen LogP contribution >= 0.6 is 0 Å². The van der Waals surface area contributed by atoms with E-state index in [4.69, 9.17) is 5.73 Å². The fourth-order valence-corrected chi connectivity index (χ4v) is 1.73. The number of carbonyl (C=O) groups excluding carboxylic acids is 1. The normalized spacial score (nSPS) is 14.4. The molecular formula is C12H23F3N2O. The molecular weight excluding hydrogens is 245 g/mol. The molecule has 0 saturated heterocycles. The Bertz CT molecular complexity index is 271. The summed E-state index contributed by atoms with van der Waals surface area (Å²) in [5.41, 5.74) is 5.45. The minimum atomic E-state index is -4.24. The summed E-state index contributed by atoms with van der Waals surface area (Å²) >= 11 is 0. The van der Waals surface area contributed by atoms with Gasteiger partial charge in [-0.15, -0.1) is 0 Å². The van der Waals surface area contributed by atoms with Crippen molar-refractivity contribution in [3.63, 3.8) is 0 Å². The predicted molar refractivity (Wildman–Crippen MR) is 64.9 cm³/mol. The second-order valence-corrected chi connectivity index (χ2v) is 5.82. The summed E-state index contributed by atoms with van der Waals surface area (Å²) in [4.78, 5) is 13.1. The summed E-state index contributed by atoms with van der Waals surface area (Å²) < 4.78 is 36.2. The number of nitrogens with two attached hydrogens (primary N) is 1. The van der Waals surface area contributed by atoms with E-state index in [-0.39, 0.29) is 24.4 Å². The van der Waals surface area contributed by atoms with Gasteiger partial charge in [0.2, 0.25) is 5.91 Å². The minimum Gasteiger partial charge on any atom is -0.345 e. The lowest BCUT2D eigenvalue weighted by Gasteiger charge is -2.28. The van der Waals surface area contributed by atoms with Gasteiger partial charge in [-0.25, -0.2) is 0 Å². The van der Waals surface area contributed by atoms with Crippen LogP contribution in [0.5, 0.6) is 0 Å². The third-order valence-corrected chi connectivity index (χ3v) is 2.60. The van der Waals surface area contributed by atoms with Gasteiger partial charge in [-0.05, 0) is 11.8 Å². The Morgan fingerprint density at radius 2 is 1.78 bits per heavy atom. The maximum absolute atomic E-state index is 12.1. The van der Waals surface area contributed by atoms with Crippen LogP contribution in [0.4, 0.5) is 13.2 Å². The molecule has 0 aliphatic rings. The first kappa shape index (κ1) is 17.2. The third kappa shape index (κ3) is 7.53. The van der Waals surface area contributed by atoms with Gasteiger partial charge in [0, 0.05) is 20.1 Å². The number of halogens is 3. The average molecular weight is 268 g/mol. The van der Waals surface area contributed by atoms with Gasteiger partial charge >= 0.3 is 6.18 Å². The zero-order valence-electron chi connectivity index (χ0n) is 11.5. The SMILES string of the molecule is CN(CCC(F)(F)F)C(=O)C(CN)CC(C)(C)C. The molecule has 0 saturated carbocycles. The van der Waals surface area contributed by atoms with Gasteiger partial charge in [0.1, 0.15) is 0 Å². The smallest absolute Gasteiger partial charge is 0.345 e. The van der Waals surface area contributed by atoms with E-state index in [0.29, 0.717) is 6.42 Å². The van der Waals surface area contributed by atoms with Crippen LogP contribution in [0.2, 0.25) is 0 Å². The number of amides is 1. The maximum Gasteiger partial charge on any atom is 0.390 e. The molecule has 18 heavy (non-hydrogen) atoms. The highest BCUT2D eigenvalue weighted by Crippen LogP contribution is 2.25. The average Bonchev–Trinajstić information content (AvgIpc) is 2.19. The molecule has 6 heteroatoms. The largest absolute Gasteiger partial charge is 0.390 e. The highest BCUT2D eigenvalue weighted by Gasteiger charge is 2.30. The Kier molecular flexibility index (Phi) is 6.13. The Labute approximate surface area is 107 Å². The van der Waals surface area contributed by atoms with Gasteiger partial charge in [-0.1, -0.05) is 20.8 Å². The summed E-state index contributed by atoms with van der Waals surface area (Å²) in [7, 11) is 1.39. The van der Waals surface area contributed by atoms with E-state index in [1.54, 1.807) is 0 Å². The summed E-state index contributed by atoms with van der Waals surface area (Å²) in [5.74, 6) is -0.722. The molecule has 3 nitrogen and oxygen atoms in total. The van der Waals surface area contributed by atoms with Crippen molar-refractivity contribution < 1.29 is 18.0 Å². The van der Waals surface area contributed by atoms with E-state index in [2.05, 4.69) is 0 Å².